The molecule has 10 nitrogen and oxygen atoms in total. The van der Waals surface area contributed by atoms with Gasteiger partial charge in [-0.25, -0.2) is 9.91 Å². The molecule has 2 aliphatic rings. The molecule has 1 fully saturated rings. The summed E-state index contributed by atoms with van der Waals surface area (Å²) in [5.74, 6) is -1.51. The van der Waals surface area contributed by atoms with Gasteiger partial charge in [0.1, 0.15) is 6.04 Å². The van der Waals surface area contributed by atoms with Crippen molar-refractivity contribution in [3.63, 3.8) is 0 Å². The molecule has 4 N–H and O–H groups in total. The van der Waals surface area contributed by atoms with Crippen molar-refractivity contribution in [1.29, 1.82) is 0 Å². The van der Waals surface area contributed by atoms with Crippen molar-refractivity contribution in [2.45, 2.75) is 18.6 Å². The van der Waals surface area contributed by atoms with Gasteiger partial charge in [-0.15, -0.1) is 0 Å². The monoisotopic (exact) mass is 423 g/mol. The van der Waals surface area contributed by atoms with Crippen molar-refractivity contribution in [2.24, 2.45) is 11.7 Å². The molecule has 2 aromatic carbocycles. The van der Waals surface area contributed by atoms with Crippen molar-refractivity contribution in [3.8, 4) is 0 Å². The Hall–Kier alpha value is -3.60. The van der Waals surface area contributed by atoms with Crippen molar-refractivity contribution in [1.82, 2.24) is 5.01 Å². The molecular formula is C21H21N5O5. The molecule has 1 saturated heterocycles. The normalized spacial score (nSPS) is 23.2. The number of hydrogen-bond donors (Lipinski definition) is 3. The first-order valence-electron chi connectivity index (χ1n) is 9.70. The number of rotatable bonds is 6. The maximum Gasteiger partial charge on any atom is 0.269 e. The lowest BCUT2D eigenvalue weighted by molar-refractivity contribution is -0.384. The standard InChI is InChI=1S/C21H21N5O5/c22-11-13-1-5-15(6-2-13)24-20(28)18-10-9-17(12-27)25(19(18)21(24)29)23-14-3-7-16(8-4-14)26(30)31/h1-10,17-19,23,27H,11-12,22H2/t17?,18-,19+/m1/s1. The Balaban J connectivity index is 1.64. The van der Waals surface area contributed by atoms with Crippen molar-refractivity contribution < 1.29 is 19.6 Å². The zero-order chi connectivity index (χ0) is 22.1. The Labute approximate surface area is 177 Å². The van der Waals surface area contributed by atoms with Gasteiger partial charge in [0.05, 0.1) is 29.2 Å². The highest BCUT2D eigenvalue weighted by atomic mass is 16.6. The number of nitrogens with two attached hydrogens (primary N) is 1. The number of amides is 2. The summed E-state index contributed by atoms with van der Waals surface area (Å²) in [6.45, 7) is 0.0631. The van der Waals surface area contributed by atoms with Crippen LogP contribution in [0.1, 0.15) is 5.56 Å². The smallest absolute Gasteiger partial charge is 0.269 e. The molecule has 0 radical (unpaired) electrons. The van der Waals surface area contributed by atoms with Crippen LogP contribution in [-0.2, 0) is 16.1 Å². The molecule has 0 aliphatic carbocycles. The summed E-state index contributed by atoms with van der Waals surface area (Å²) in [6, 6.07) is 11.1. The summed E-state index contributed by atoms with van der Waals surface area (Å²) in [4.78, 5) is 37.9. The number of carbonyl (C=O) groups excluding carboxylic acids is 2. The van der Waals surface area contributed by atoms with Crippen LogP contribution in [0.2, 0.25) is 0 Å². The number of carbonyl (C=O) groups is 2. The van der Waals surface area contributed by atoms with Gasteiger partial charge in [0.25, 0.3) is 11.6 Å². The fraction of sp³-hybridized carbons (Fsp3) is 0.238. The predicted octanol–water partition coefficient (Wildman–Crippen LogP) is 1.17. The van der Waals surface area contributed by atoms with E-state index in [1.54, 1.807) is 36.4 Å². The third kappa shape index (κ3) is 3.67. The number of imide groups is 1. The van der Waals surface area contributed by atoms with Crippen molar-refractivity contribution in [2.75, 3.05) is 16.9 Å². The Morgan fingerprint density at radius 1 is 1.03 bits per heavy atom. The van der Waals surface area contributed by atoms with E-state index < -0.39 is 28.8 Å². The van der Waals surface area contributed by atoms with Crippen LogP contribution in [0.3, 0.4) is 0 Å². The molecule has 2 aliphatic heterocycles. The van der Waals surface area contributed by atoms with E-state index in [2.05, 4.69) is 5.43 Å². The van der Waals surface area contributed by atoms with E-state index in [1.807, 2.05) is 0 Å². The minimum Gasteiger partial charge on any atom is -0.394 e. The highest BCUT2D eigenvalue weighted by Gasteiger charge is 2.53. The second-order valence-electron chi connectivity index (χ2n) is 7.31. The number of benzene rings is 2. The number of hydrazine groups is 1. The van der Waals surface area contributed by atoms with Crippen molar-refractivity contribution in [3.05, 3.63) is 76.4 Å². The molecule has 0 bridgehead atoms. The van der Waals surface area contributed by atoms with Crippen LogP contribution in [0.15, 0.2) is 60.7 Å². The van der Waals surface area contributed by atoms with Gasteiger partial charge in [-0.05, 0) is 29.8 Å². The Morgan fingerprint density at radius 3 is 2.29 bits per heavy atom. The zero-order valence-corrected chi connectivity index (χ0v) is 16.4. The van der Waals surface area contributed by atoms with Crippen LogP contribution in [0.4, 0.5) is 17.1 Å². The summed E-state index contributed by atoms with van der Waals surface area (Å²) in [5.41, 5.74) is 10.4. The molecule has 1 unspecified atom stereocenters. The molecular weight excluding hydrogens is 402 g/mol. The molecule has 31 heavy (non-hydrogen) atoms. The summed E-state index contributed by atoms with van der Waals surface area (Å²) in [6.07, 6.45) is 3.32. The second-order valence-corrected chi connectivity index (χ2v) is 7.31. The highest BCUT2D eigenvalue weighted by molar-refractivity contribution is 6.24. The van der Waals surface area contributed by atoms with Crippen molar-refractivity contribution >= 4 is 28.9 Å². The SMILES string of the molecule is NCc1ccc(N2C(=O)[C@@H]3[C@@H](C=CC(CO)N3Nc3ccc([N+](=O)[O-])cc3)C2=O)cc1. The van der Waals surface area contributed by atoms with Gasteiger partial charge in [0.2, 0.25) is 5.91 Å². The van der Waals surface area contributed by atoms with E-state index >= 15 is 0 Å². The van der Waals surface area contributed by atoms with Crippen LogP contribution in [0.25, 0.3) is 0 Å². The van der Waals surface area contributed by atoms with E-state index in [4.69, 9.17) is 5.73 Å². The van der Waals surface area contributed by atoms with Gasteiger partial charge in [-0.2, -0.15) is 0 Å². The van der Waals surface area contributed by atoms with Crippen LogP contribution in [0.5, 0.6) is 0 Å². The number of nitrogens with one attached hydrogen (secondary N) is 1. The minimum atomic E-state index is -0.876. The summed E-state index contributed by atoms with van der Waals surface area (Å²) in [5, 5.41) is 22.2. The molecule has 2 aromatic rings. The fourth-order valence-corrected chi connectivity index (χ4v) is 3.85. The van der Waals surface area contributed by atoms with E-state index in [0.717, 1.165) is 10.5 Å². The number of nitro benzene ring substituents is 1. The maximum atomic E-state index is 13.3. The minimum absolute atomic E-state index is 0.0695. The number of nitrogens with zero attached hydrogens (tertiary/aromatic N) is 3. The number of nitro groups is 1. The quantitative estimate of drug-likeness (QED) is 0.272. The zero-order valence-electron chi connectivity index (χ0n) is 16.4. The average Bonchev–Trinajstić information content (AvgIpc) is 3.04. The Morgan fingerprint density at radius 2 is 1.71 bits per heavy atom. The Bertz CT molecular complexity index is 1040. The maximum absolute atomic E-state index is 13.3. The number of anilines is 2. The lowest BCUT2D eigenvalue weighted by Gasteiger charge is -2.37. The van der Waals surface area contributed by atoms with Gasteiger partial charge in [-0.1, -0.05) is 24.3 Å². The summed E-state index contributed by atoms with van der Waals surface area (Å²) in [7, 11) is 0. The molecule has 2 amide bonds. The second kappa shape index (κ2) is 8.26. The Kier molecular flexibility index (Phi) is 5.51. The molecule has 0 aromatic heterocycles. The van der Waals surface area contributed by atoms with E-state index in [-0.39, 0.29) is 18.2 Å². The largest absolute Gasteiger partial charge is 0.394 e. The number of non-ortho nitro benzene ring substituents is 1. The molecule has 3 atom stereocenters. The third-order valence-corrected chi connectivity index (χ3v) is 5.47. The average molecular weight is 423 g/mol. The number of aliphatic hydroxyl groups is 1. The lowest BCUT2D eigenvalue weighted by atomic mass is 9.95. The van der Waals surface area contributed by atoms with E-state index in [9.17, 15) is 24.8 Å². The number of aliphatic hydroxyl groups excluding tert-OH is 1. The van der Waals surface area contributed by atoms with E-state index in [0.29, 0.717) is 17.9 Å². The lowest BCUT2D eigenvalue weighted by Crippen LogP contribution is -2.55. The summed E-state index contributed by atoms with van der Waals surface area (Å²) < 4.78 is 0. The van der Waals surface area contributed by atoms with Gasteiger partial charge < -0.3 is 16.3 Å². The number of fused-ring (bicyclic) bond motifs is 1. The molecule has 0 spiro atoms. The molecule has 2 heterocycles. The van der Waals surface area contributed by atoms with Gasteiger partial charge in [0, 0.05) is 24.4 Å². The topological polar surface area (TPSA) is 142 Å². The van der Waals surface area contributed by atoms with Crippen LogP contribution in [-0.4, -0.2) is 45.5 Å². The highest BCUT2D eigenvalue weighted by Crippen LogP contribution is 2.35. The molecule has 10 heteroatoms. The summed E-state index contributed by atoms with van der Waals surface area (Å²) >= 11 is 0. The first-order valence-corrected chi connectivity index (χ1v) is 9.70. The van der Waals surface area contributed by atoms with Gasteiger partial charge >= 0.3 is 0 Å². The molecule has 4 rings (SSSR count). The molecule has 0 saturated carbocycles. The van der Waals surface area contributed by atoms with Gasteiger partial charge in [-0.3, -0.25) is 19.7 Å². The predicted molar refractivity (Wildman–Crippen MR) is 113 cm³/mol. The first kappa shape index (κ1) is 20.7. The fourth-order valence-electron chi connectivity index (χ4n) is 3.85. The van der Waals surface area contributed by atoms with Crippen LogP contribution in [0, 0.1) is 16.0 Å². The van der Waals surface area contributed by atoms with Crippen LogP contribution < -0.4 is 16.1 Å². The first-order chi connectivity index (χ1) is 14.9. The van der Waals surface area contributed by atoms with Gasteiger partial charge in [0.15, 0.2) is 0 Å². The number of hydrogen-bond acceptors (Lipinski definition) is 8. The molecule has 160 valence electrons. The van der Waals surface area contributed by atoms with Crippen LogP contribution >= 0.6 is 0 Å². The van der Waals surface area contributed by atoms with E-state index in [1.165, 1.54) is 29.3 Å². The third-order valence-electron chi connectivity index (χ3n) is 5.47.